The molecule has 2 heterocycles. The third kappa shape index (κ3) is 3.37. The molecule has 0 radical (unpaired) electrons. The van der Waals surface area contributed by atoms with E-state index in [0.717, 1.165) is 25.7 Å². The van der Waals surface area contributed by atoms with Crippen molar-refractivity contribution in [1.29, 1.82) is 0 Å². The second-order valence-electron chi connectivity index (χ2n) is 5.81. The minimum atomic E-state index is -3.41. The van der Waals surface area contributed by atoms with Gasteiger partial charge in [0, 0.05) is 18.1 Å². The van der Waals surface area contributed by atoms with Gasteiger partial charge in [0.05, 0.1) is 5.75 Å². The number of piperidine rings is 1. The quantitative estimate of drug-likeness (QED) is 0.886. The lowest BCUT2D eigenvalue weighted by Gasteiger charge is -2.29. The minimum absolute atomic E-state index is 0.00677. The van der Waals surface area contributed by atoms with Gasteiger partial charge >= 0.3 is 0 Å². The second kappa shape index (κ2) is 5.42. The first kappa shape index (κ1) is 14.0. The van der Waals surface area contributed by atoms with Crippen molar-refractivity contribution in [2.24, 2.45) is 0 Å². The summed E-state index contributed by atoms with van der Waals surface area (Å²) in [6.45, 7) is 0. The van der Waals surface area contributed by atoms with Crippen LogP contribution in [0.5, 0.6) is 0 Å². The Morgan fingerprint density at radius 3 is 2.60 bits per heavy atom. The molecule has 2 saturated heterocycles. The summed E-state index contributed by atoms with van der Waals surface area (Å²) in [7, 11) is -3.41. The first-order valence-electron chi connectivity index (χ1n) is 7.01. The molecule has 2 bridgehead atoms. The molecule has 2 fully saturated rings. The molecular formula is C14H19FN2O2S. The fourth-order valence-electron chi connectivity index (χ4n) is 3.30. The van der Waals surface area contributed by atoms with Crippen molar-refractivity contribution < 1.29 is 12.8 Å². The van der Waals surface area contributed by atoms with Crippen LogP contribution in [-0.4, -0.2) is 26.5 Å². The van der Waals surface area contributed by atoms with E-state index in [4.69, 9.17) is 0 Å². The molecule has 110 valence electrons. The van der Waals surface area contributed by atoms with Gasteiger partial charge in [-0.2, -0.15) is 0 Å². The second-order valence-corrected chi connectivity index (χ2v) is 7.57. The van der Waals surface area contributed by atoms with Gasteiger partial charge in [0.1, 0.15) is 5.82 Å². The Kier molecular flexibility index (Phi) is 3.79. The average Bonchev–Trinajstić information content (AvgIpc) is 2.67. The molecule has 2 aliphatic rings. The lowest BCUT2D eigenvalue weighted by Crippen LogP contribution is -2.48. The lowest BCUT2D eigenvalue weighted by molar-refractivity contribution is 0.345. The van der Waals surface area contributed by atoms with Crippen molar-refractivity contribution in [3.05, 3.63) is 35.6 Å². The molecule has 0 aromatic heterocycles. The number of benzene rings is 1. The Balaban J connectivity index is 1.64. The largest absolute Gasteiger partial charge is 0.311 e. The van der Waals surface area contributed by atoms with Crippen LogP contribution in [0, 0.1) is 5.82 Å². The molecule has 2 N–H and O–H groups in total. The molecular weight excluding hydrogens is 279 g/mol. The number of hydrogen-bond donors (Lipinski definition) is 2. The molecule has 2 atom stereocenters. The van der Waals surface area contributed by atoms with Crippen molar-refractivity contribution in [2.75, 3.05) is 0 Å². The summed E-state index contributed by atoms with van der Waals surface area (Å²) in [4.78, 5) is 0. The van der Waals surface area contributed by atoms with Crippen LogP contribution < -0.4 is 10.0 Å². The molecule has 1 aromatic rings. The Bertz CT molecular complexity index is 579. The number of nitrogens with one attached hydrogen (secondary N) is 2. The fraction of sp³-hybridized carbons (Fsp3) is 0.571. The third-order valence-corrected chi connectivity index (χ3v) is 5.47. The van der Waals surface area contributed by atoms with E-state index in [0.29, 0.717) is 17.6 Å². The highest BCUT2D eigenvalue weighted by atomic mass is 32.2. The Morgan fingerprint density at radius 2 is 1.95 bits per heavy atom. The van der Waals surface area contributed by atoms with E-state index < -0.39 is 15.8 Å². The predicted octanol–water partition coefficient (Wildman–Crippen LogP) is 1.53. The summed E-state index contributed by atoms with van der Waals surface area (Å²) in [5.74, 6) is -0.568. The standard InChI is InChI=1S/C14H19FN2O2S/c15-11-3-1-2-10(6-11)9-20(18,19)17-14-7-12-4-5-13(8-14)16-12/h1-3,6,12-14,16-17H,4-5,7-9H2. The van der Waals surface area contributed by atoms with Crippen LogP contribution >= 0.6 is 0 Å². The van der Waals surface area contributed by atoms with Crippen LogP contribution in [0.1, 0.15) is 31.2 Å². The maximum Gasteiger partial charge on any atom is 0.216 e. The van der Waals surface area contributed by atoms with E-state index in [-0.39, 0.29) is 11.8 Å². The predicted molar refractivity (Wildman–Crippen MR) is 75.1 cm³/mol. The molecule has 1 aromatic carbocycles. The summed E-state index contributed by atoms with van der Waals surface area (Å²) in [6, 6.07) is 6.64. The number of hydrogen-bond acceptors (Lipinski definition) is 3. The maximum atomic E-state index is 13.1. The van der Waals surface area contributed by atoms with Crippen molar-refractivity contribution in [1.82, 2.24) is 10.0 Å². The van der Waals surface area contributed by atoms with Crippen molar-refractivity contribution >= 4 is 10.0 Å². The summed E-state index contributed by atoms with van der Waals surface area (Å²) in [5.41, 5.74) is 0.481. The number of rotatable bonds is 4. The smallest absolute Gasteiger partial charge is 0.216 e. The molecule has 6 heteroatoms. The van der Waals surface area contributed by atoms with E-state index in [9.17, 15) is 12.8 Å². The van der Waals surface area contributed by atoms with Gasteiger partial charge < -0.3 is 5.32 Å². The summed E-state index contributed by atoms with van der Waals surface area (Å²) in [6.07, 6.45) is 3.96. The Labute approximate surface area is 118 Å². The summed E-state index contributed by atoms with van der Waals surface area (Å²) >= 11 is 0. The zero-order chi connectivity index (χ0) is 14.2. The van der Waals surface area contributed by atoms with Crippen LogP contribution in [0.15, 0.2) is 24.3 Å². The van der Waals surface area contributed by atoms with Crippen LogP contribution in [0.2, 0.25) is 0 Å². The van der Waals surface area contributed by atoms with Crippen LogP contribution in [0.25, 0.3) is 0 Å². The van der Waals surface area contributed by atoms with Gasteiger partial charge in [0.25, 0.3) is 0 Å². The van der Waals surface area contributed by atoms with Crippen LogP contribution in [0.4, 0.5) is 4.39 Å². The molecule has 2 unspecified atom stereocenters. The van der Waals surface area contributed by atoms with Gasteiger partial charge in [-0.25, -0.2) is 17.5 Å². The summed E-state index contributed by atoms with van der Waals surface area (Å²) < 4.78 is 40.2. The van der Waals surface area contributed by atoms with E-state index in [1.54, 1.807) is 6.07 Å². The molecule has 2 aliphatic heterocycles. The molecule has 0 amide bonds. The monoisotopic (exact) mass is 298 g/mol. The first-order valence-corrected chi connectivity index (χ1v) is 8.66. The fourth-order valence-corrected chi connectivity index (χ4v) is 4.70. The van der Waals surface area contributed by atoms with E-state index in [2.05, 4.69) is 10.0 Å². The van der Waals surface area contributed by atoms with Gasteiger partial charge in [-0.1, -0.05) is 12.1 Å². The van der Waals surface area contributed by atoms with E-state index >= 15 is 0 Å². The maximum absolute atomic E-state index is 13.1. The third-order valence-electron chi connectivity index (χ3n) is 4.07. The molecule has 20 heavy (non-hydrogen) atoms. The normalized spacial score (nSPS) is 29.6. The molecule has 0 spiro atoms. The van der Waals surface area contributed by atoms with Gasteiger partial charge in [0.15, 0.2) is 0 Å². The minimum Gasteiger partial charge on any atom is -0.311 e. The molecule has 3 rings (SSSR count). The summed E-state index contributed by atoms with van der Waals surface area (Å²) in [5, 5.41) is 3.48. The van der Waals surface area contributed by atoms with Crippen molar-refractivity contribution in [3.63, 3.8) is 0 Å². The topological polar surface area (TPSA) is 58.2 Å². The molecule has 0 aliphatic carbocycles. The van der Waals surface area contributed by atoms with Gasteiger partial charge in [-0.15, -0.1) is 0 Å². The lowest BCUT2D eigenvalue weighted by atomic mass is 10.0. The van der Waals surface area contributed by atoms with Crippen LogP contribution in [0.3, 0.4) is 0 Å². The first-order chi connectivity index (χ1) is 9.50. The van der Waals surface area contributed by atoms with Gasteiger partial charge in [0.2, 0.25) is 10.0 Å². The van der Waals surface area contributed by atoms with E-state index in [1.165, 1.54) is 18.2 Å². The number of halogens is 1. The molecule has 0 saturated carbocycles. The highest BCUT2D eigenvalue weighted by Gasteiger charge is 2.34. The highest BCUT2D eigenvalue weighted by molar-refractivity contribution is 7.88. The number of fused-ring (bicyclic) bond motifs is 2. The van der Waals surface area contributed by atoms with Crippen molar-refractivity contribution in [3.8, 4) is 0 Å². The molecule has 4 nitrogen and oxygen atoms in total. The highest BCUT2D eigenvalue weighted by Crippen LogP contribution is 2.27. The number of sulfonamides is 1. The van der Waals surface area contributed by atoms with Gasteiger partial charge in [-0.05, 0) is 43.4 Å². The SMILES string of the molecule is O=S(=O)(Cc1cccc(F)c1)NC1CC2CCC(C1)N2. The zero-order valence-corrected chi connectivity index (χ0v) is 12.0. The average molecular weight is 298 g/mol. The Hall–Kier alpha value is -0.980. The van der Waals surface area contributed by atoms with Gasteiger partial charge in [-0.3, -0.25) is 0 Å². The van der Waals surface area contributed by atoms with E-state index in [1.807, 2.05) is 0 Å². The zero-order valence-electron chi connectivity index (χ0n) is 11.2. The van der Waals surface area contributed by atoms with Crippen molar-refractivity contribution in [2.45, 2.75) is 49.6 Å². The van der Waals surface area contributed by atoms with Crippen LogP contribution in [-0.2, 0) is 15.8 Å². The Morgan fingerprint density at radius 1 is 1.25 bits per heavy atom.